The van der Waals surface area contributed by atoms with Crippen LogP contribution in [0, 0.1) is 10.2 Å². The Morgan fingerprint density at radius 1 is 1.39 bits per heavy atom. The average Bonchev–Trinajstić information content (AvgIpc) is 2.58. The zero-order valence-electron chi connectivity index (χ0n) is 12.3. The quantitative estimate of drug-likeness (QED) is 0.711. The Morgan fingerprint density at radius 2 is 2.06 bits per heavy atom. The molecule has 1 aliphatic rings. The number of aromatic amines is 1. The third-order valence-corrected chi connectivity index (χ3v) is 4.44. The molecule has 102 valence electrons. The van der Waals surface area contributed by atoms with Gasteiger partial charge in [-0.15, -0.1) is 0 Å². The Balaban J connectivity index is 2.39. The molecule has 0 radical (unpaired) electrons. The van der Waals surface area contributed by atoms with Crippen molar-refractivity contribution in [1.29, 1.82) is 0 Å². The van der Waals surface area contributed by atoms with E-state index >= 15 is 0 Å². The van der Waals surface area contributed by atoms with Crippen molar-refractivity contribution in [2.75, 3.05) is 0 Å². The van der Waals surface area contributed by atoms with E-state index in [1.807, 2.05) is 0 Å². The van der Waals surface area contributed by atoms with Gasteiger partial charge in [0.25, 0.3) is 0 Å². The van der Waals surface area contributed by atoms with Crippen LogP contribution in [-0.4, -0.2) is 9.55 Å². The van der Waals surface area contributed by atoms with E-state index in [1.165, 1.54) is 31.4 Å². The van der Waals surface area contributed by atoms with Gasteiger partial charge in [0, 0.05) is 23.3 Å². The lowest BCUT2D eigenvalue weighted by Crippen LogP contribution is -2.28. The van der Waals surface area contributed by atoms with Gasteiger partial charge in [-0.1, -0.05) is 41.0 Å². The largest absolute Gasteiger partial charge is 0.337 e. The molecule has 1 aliphatic carbocycles. The molecule has 0 amide bonds. The lowest BCUT2D eigenvalue weighted by molar-refractivity contribution is 0.178. The second-order valence-corrected chi connectivity index (χ2v) is 7.90. The molecule has 1 saturated carbocycles. The molecule has 1 aromatic heterocycles. The Hall–Kier alpha value is -0.570. The van der Waals surface area contributed by atoms with Crippen LogP contribution < -0.4 is 0 Å². The summed E-state index contributed by atoms with van der Waals surface area (Å²) in [6.07, 6.45) is 7.26. The third kappa shape index (κ3) is 2.71. The number of rotatable bonds is 1. The first-order valence-corrected chi connectivity index (χ1v) is 7.42. The van der Waals surface area contributed by atoms with Crippen molar-refractivity contribution < 1.29 is 0 Å². The van der Waals surface area contributed by atoms with Crippen molar-refractivity contribution >= 4 is 12.2 Å². The van der Waals surface area contributed by atoms with Gasteiger partial charge in [-0.25, -0.2) is 0 Å². The number of nitrogens with one attached hydrogen (secondary N) is 1. The molecular formula is C15H26N2S. The first-order chi connectivity index (χ1) is 8.21. The molecule has 1 atom stereocenters. The van der Waals surface area contributed by atoms with Gasteiger partial charge in [0.2, 0.25) is 0 Å². The Kier molecular flexibility index (Phi) is 3.48. The molecule has 1 unspecified atom stereocenters. The Bertz CT molecular complexity index is 473. The molecule has 2 rings (SSSR count). The van der Waals surface area contributed by atoms with Crippen LogP contribution in [0.15, 0.2) is 6.20 Å². The molecular weight excluding hydrogens is 240 g/mol. The number of nitrogens with zero attached hydrogens (tertiary/aromatic N) is 1. The highest BCUT2D eigenvalue weighted by atomic mass is 32.1. The molecule has 0 aromatic carbocycles. The van der Waals surface area contributed by atoms with Gasteiger partial charge in [-0.2, -0.15) is 0 Å². The van der Waals surface area contributed by atoms with Crippen molar-refractivity contribution in [2.45, 2.75) is 71.8 Å². The van der Waals surface area contributed by atoms with Crippen molar-refractivity contribution in [3.05, 3.63) is 16.7 Å². The summed E-state index contributed by atoms with van der Waals surface area (Å²) in [5, 5.41) is 0. The van der Waals surface area contributed by atoms with Crippen molar-refractivity contribution in [2.24, 2.45) is 5.41 Å². The topological polar surface area (TPSA) is 20.7 Å². The molecule has 0 spiro atoms. The lowest BCUT2D eigenvalue weighted by Gasteiger charge is -2.37. The van der Waals surface area contributed by atoms with Gasteiger partial charge in [0.05, 0.1) is 0 Å². The molecule has 1 fully saturated rings. The number of hydrogen-bond donors (Lipinski definition) is 1. The standard InChI is InChI=1S/C15H26N2S/c1-14(2,3)12-10-16-13(18)17(12)11-7-6-8-15(4,5)9-11/h10-11H,6-9H2,1-5H3,(H,16,18). The highest BCUT2D eigenvalue weighted by molar-refractivity contribution is 7.71. The smallest absolute Gasteiger partial charge is 0.177 e. The number of H-pyrrole nitrogens is 1. The molecule has 1 aromatic rings. The van der Waals surface area contributed by atoms with E-state index in [2.05, 4.69) is 50.4 Å². The second kappa shape index (κ2) is 4.52. The summed E-state index contributed by atoms with van der Waals surface area (Å²) in [4.78, 5) is 3.25. The summed E-state index contributed by atoms with van der Waals surface area (Å²) in [5.74, 6) is 0. The molecule has 0 aliphatic heterocycles. The maximum absolute atomic E-state index is 5.50. The molecule has 1 heterocycles. The minimum atomic E-state index is 0.148. The minimum Gasteiger partial charge on any atom is -0.337 e. The highest BCUT2D eigenvalue weighted by Crippen LogP contribution is 2.42. The number of aromatic nitrogens is 2. The minimum absolute atomic E-state index is 0.148. The van der Waals surface area contributed by atoms with E-state index in [1.54, 1.807) is 0 Å². The number of hydrogen-bond acceptors (Lipinski definition) is 1. The summed E-state index contributed by atoms with van der Waals surface area (Å²) in [6.45, 7) is 11.5. The normalized spacial score (nSPS) is 24.2. The van der Waals surface area contributed by atoms with Crippen LogP contribution in [0.25, 0.3) is 0 Å². The van der Waals surface area contributed by atoms with Crippen LogP contribution in [0.4, 0.5) is 0 Å². The van der Waals surface area contributed by atoms with Crippen molar-refractivity contribution in [3.8, 4) is 0 Å². The molecule has 0 bridgehead atoms. The van der Waals surface area contributed by atoms with E-state index < -0.39 is 0 Å². The molecule has 0 saturated heterocycles. The van der Waals surface area contributed by atoms with E-state index in [0.717, 1.165) is 4.77 Å². The third-order valence-electron chi connectivity index (χ3n) is 4.12. The predicted molar refractivity (Wildman–Crippen MR) is 79.6 cm³/mol. The van der Waals surface area contributed by atoms with E-state index in [9.17, 15) is 0 Å². The van der Waals surface area contributed by atoms with Crippen LogP contribution in [0.2, 0.25) is 0 Å². The summed E-state index contributed by atoms with van der Waals surface area (Å²) in [7, 11) is 0. The molecule has 2 nitrogen and oxygen atoms in total. The summed E-state index contributed by atoms with van der Waals surface area (Å²) in [5.41, 5.74) is 1.94. The van der Waals surface area contributed by atoms with Crippen molar-refractivity contribution in [3.63, 3.8) is 0 Å². The fraction of sp³-hybridized carbons (Fsp3) is 0.800. The zero-order valence-corrected chi connectivity index (χ0v) is 13.2. The van der Waals surface area contributed by atoms with Crippen LogP contribution in [0.3, 0.4) is 0 Å². The second-order valence-electron chi connectivity index (χ2n) is 7.51. The van der Waals surface area contributed by atoms with E-state index in [0.29, 0.717) is 11.5 Å². The lowest BCUT2D eigenvalue weighted by atomic mass is 9.75. The van der Waals surface area contributed by atoms with Gasteiger partial charge >= 0.3 is 0 Å². The Labute approximate surface area is 116 Å². The highest BCUT2D eigenvalue weighted by Gasteiger charge is 2.31. The maximum Gasteiger partial charge on any atom is 0.177 e. The van der Waals surface area contributed by atoms with Crippen LogP contribution in [-0.2, 0) is 5.41 Å². The zero-order chi connectivity index (χ0) is 13.6. The molecule has 3 heteroatoms. The Morgan fingerprint density at radius 3 is 2.61 bits per heavy atom. The van der Waals surface area contributed by atoms with Crippen LogP contribution >= 0.6 is 12.2 Å². The van der Waals surface area contributed by atoms with Crippen LogP contribution in [0.5, 0.6) is 0 Å². The summed E-state index contributed by atoms with van der Waals surface area (Å²) in [6, 6.07) is 0.571. The number of imidazole rings is 1. The average molecular weight is 266 g/mol. The SMILES string of the molecule is CC1(C)CCCC(n2c(C(C)(C)C)c[nH]c2=S)C1. The summed E-state index contributed by atoms with van der Waals surface area (Å²) < 4.78 is 3.28. The van der Waals surface area contributed by atoms with Gasteiger partial charge in [0.1, 0.15) is 0 Å². The fourth-order valence-electron chi connectivity index (χ4n) is 3.20. The predicted octanol–water partition coefficient (Wildman–Crippen LogP) is 4.98. The first kappa shape index (κ1) is 13.9. The molecule has 18 heavy (non-hydrogen) atoms. The first-order valence-electron chi connectivity index (χ1n) is 7.01. The monoisotopic (exact) mass is 266 g/mol. The summed E-state index contributed by atoms with van der Waals surface area (Å²) >= 11 is 5.50. The van der Waals surface area contributed by atoms with Crippen molar-refractivity contribution in [1.82, 2.24) is 9.55 Å². The maximum atomic E-state index is 5.50. The van der Waals surface area contributed by atoms with Crippen LogP contribution in [0.1, 0.15) is 72.0 Å². The van der Waals surface area contributed by atoms with Gasteiger partial charge in [-0.3, -0.25) is 0 Å². The fourth-order valence-corrected chi connectivity index (χ4v) is 3.50. The van der Waals surface area contributed by atoms with E-state index in [-0.39, 0.29) is 5.41 Å². The van der Waals surface area contributed by atoms with E-state index in [4.69, 9.17) is 12.2 Å². The molecule has 1 N–H and O–H groups in total. The van der Waals surface area contributed by atoms with Gasteiger partial charge in [-0.05, 0) is 36.9 Å². The van der Waals surface area contributed by atoms with Gasteiger partial charge in [0.15, 0.2) is 4.77 Å². The van der Waals surface area contributed by atoms with Gasteiger partial charge < -0.3 is 9.55 Å².